The van der Waals surface area contributed by atoms with Crippen molar-refractivity contribution in [2.45, 2.75) is 6.92 Å². The van der Waals surface area contributed by atoms with E-state index in [1.54, 1.807) is 0 Å². The van der Waals surface area contributed by atoms with Crippen molar-refractivity contribution in [1.29, 1.82) is 0 Å². The molecule has 0 atom stereocenters. The van der Waals surface area contributed by atoms with E-state index in [2.05, 4.69) is 32.1 Å². The zero-order chi connectivity index (χ0) is 18.0. The Kier molecular flexibility index (Phi) is 4.71. The number of aromatic hydroxyl groups is 1. The van der Waals surface area contributed by atoms with Gasteiger partial charge in [-0.25, -0.2) is 14.8 Å². The third-order valence-corrected chi connectivity index (χ3v) is 4.16. The van der Waals surface area contributed by atoms with Crippen LogP contribution in [0.4, 0.5) is 17.3 Å². The van der Waals surface area contributed by atoms with Gasteiger partial charge < -0.3 is 25.3 Å². The zero-order valence-corrected chi connectivity index (χ0v) is 14.2. The van der Waals surface area contributed by atoms with Crippen molar-refractivity contribution < 1.29 is 15.0 Å². The number of piperazine rings is 1. The Morgan fingerprint density at radius 2 is 1.88 bits per heavy atom. The molecule has 0 radical (unpaired) electrons. The number of nitrogens with zero attached hydrogens (tertiary/aromatic N) is 4. The third-order valence-electron chi connectivity index (χ3n) is 4.16. The normalized spacial score (nSPS) is 15.2. The minimum atomic E-state index is -1.09. The molecule has 25 heavy (non-hydrogen) atoms. The monoisotopic (exact) mass is 343 g/mol. The number of rotatable bonds is 4. The molecule has 2 heterocycles. The molecule has 1 fully saturated rings. The second-order valence-corrected chi connectivity index (χ2v) is 6.11. The Morgan fingerprint density at radius 3 is 2.52 bits per heavy atom. The topological polar surface area (TPSA) is 102 Å². The Hall–Kier alpha value is -2.87. The number of aromatic carboxylic acids is 1. The largest absolute Gasteiger partial charge is 0.506 e. The van der Waals surface area contributed by atoms with Gasteiger partial charge in [0.1, 0.15) is 23.2 Å². The number of nitrogens with one attached hydrogen (secondary N) is 1. The highest BCUT2D eigenvalue weighted by Gasteiger charge is 2.17. The van der Waals surface area contributed by atoms with Crippen molar-refractivity contribution >= 4 is 23.3 Å². The molecule has 0 saturated carbocycles. The van der Waals surface area contributed by atoms with Gasteiger partial charge in [0.05, 0.1) is 11.3 Å². The zero-order valence-electron chi connectivity index (χ0n) is 14.2. The highest BCUT2D eigenvalue weighted by Crippen LogP contribution is 2.28. The van der Waals surface area contributed by atoms with Crippen molar-refractivity contribution in [3.63, 3.8) is 0 Å². The van der Waals surface area contributed by atoms with E-state index in [1.165, 1.54) is 18.2 Å². The number of phenolic OH excluding ortho intramolecular Hbond substituents is 1. The Labute approximate surface area is 145 Å². The summed E-state index contributed by atoms with van der Waals surface area (Å²) < 4.78 is 0. The summed E-state index contributed by atoms with van der Waals surface area (Å²) in [5, 5.41) is 22.0. The first-order valence-electron chi connectivity index (χ1n) is 8.05. The summed E-state index contributed by atoms with van der Waals surface area (Å²) in [5.74, 6) is 0.791. The van der Waals surface area contributed by atoms with E-state index in [9.17, 15) is 9.90 Å². The molecule has 0 bridgehead atoms. The first kappa shape index (κ1) is 17.0. The predicted molar refractivity (Wildman–Crippen MR) is 94.8 cm³/mol. The quantitative estimate of drug-likeness (QED) is 0.721. The van der Waals surface area contributed by atoms with Gasteiger partial charge in [0.2, 0.25) is 0 Å². The maximum atomic E-state index is 10.9. The molecule has 1 aliphatic rings. The maximum absolute atomic E-state index is 10.9. The number of carbonyl (C=O) groups is 1. The van der Waals surface area contributed by atoms with E-state index in [0.29, 0.717) is 17.3 Å². The first-order valence-corrected chi connectivity index (χ1v) is 8.05. The van der Waals surface area contributed by atoms with Gasteiger partial charge in [-0.05, 0) is 32.2 Å². The smallest absolute Gasteiger partial charge is 0.335 e. The summed E-state index contributed by atoms with van der Waals surface area (Å²) in [7, 11) is 2.10. The number of aromatic nitrogens is 2. The molecule has 0 amide bonds. The van der Waals surface area contributed by atoms with Gasteiger partial charge in [-0.3, -0.25) is 0 Å². The van der Waals surface area contributed by atoms with Crippen LogP contribution in [0.2, 0.25) is 0 Å². The summed E-state index contributed by atoms with van der Waals surface area (Å²) in [6.07, 6.45) is 0. The lowest BCUT2D eigenvalue weighted by Gasteiger charge is -2.33. The second kappa shape index (κ2) is 6.94. The van der Waals surface area contributed by atoms with Crippen molar-refractivity contribution in [3.8, 4) is 5.75 Å². The van der Waals surface area contributed by atoms with E-state index < -0.39 is 5.97 Å². The van der Waals surface area contributed by atoms with E-state index in [4.69, 9.17) is 5.11 Å². The average molecular weight is 343 g/mol. The van der Waals surface area contributed by atoms with Crippen LogP contribution < -0.4 is 10.2 Å². The van der Waals surface area contributed by atoms with Crippen LogP contribution in [0.15, 0.2) is 24.3 Å². The highest BCUT2D eigenvalue weighted by molar-refractivity contribution is 5.89. The molecule has 0 unspecified atom stereocenters. The minimum absolute atomic E-state index is 0.0278. The van der Waals surface area contributed by atoms with Gasteiger partial charge in [0, 0.05) is 32.2 Å². The third kappa shape index (κ3) is 3.97. The number of aryl methyl sites for hydroxylation is 1. The Bertz CT molecular complexity index is 788. The molecule has 1 aromatic carbocycles. The molecule has 1 aliphatic heterocycles. The van der Waals surface area contributed by atoms with Gasteiger partial charge in [-0.15, -0.1) is 0 Å². The molecule has 3 rings (SSSR count). The molecule has 3 N–H and O–H groups in total. The molecule has 132 valence electrons. The van der Waals surface area contributed by atoms with Crippen LogP contribution >= 0.6 is 0 Å². The lowest BCUT2D eigenvalue weighted by molar-refractivity contribution is 0.0696. The molecule has 8 heteroatoms. The molecule has 1 aromatic heterocycles. The van der Waals surface area contributed by atoms with Crippen LogP contribution in [0.3, 0.4) is 0 Å². The number of benzene rings is 1. The van der Waals surface area contributed by atoms with Crippen LogP contribution in [0.5, 0.6) is 5.75 Å². The average Bonchev–Trinajstić information content (AvgIpc) is 2.56. The Morgan fingerprint density at radius 1 is 1.16 bits per heavy atom. The van der Waals surface area contributed by atoms with E-state index in [-0.39, 0.29) is 11.3 Å². The maximum Gasteiger partial charge on any atom is 0.335 e. The van der Waals surface area contributed by atoms with Crippen molar-refractivity contribution in [3.05, 3.63) is 35.7 Å². The van der Waals surface area contributed by atoms with Gasteiger partial charge in [0.15, 0.2) is 0 Å². The summed E-state index contributed by atoms with van der Waals surface area (Å²) in [5.41, 5.74) is 0.424. The Balaban J connectivity index is 1.82. The fourth-order valence-corrected chi connectivity index (χ4v) is 2.72. The van der Waals surface area contributed by atoms with Gasteiger partial charge >= 0.3 is 5.97 Å². The first-order chi connectivity index (χ1) is 11.9. The summed E-state index contributed by atoms with van der Waals surface area (Å²) in [6.45, 7) is 5.56. The molecule has 1 saturated heterocycles. The minimum Gasteiger partial charge on any atom is -0.506 e. The highest BCUT2D eigenvalue weighted by atomic mass is 16.4. The van der Waals surface area contributed by atoms with Crippen LogP contribution in [-0.4, -0.2) is 64.3 Å². The van der Waals surface area contributed by atoms with Gasteiger partial charge in [-0.2, -0.15) is 0 Å². The summed E-state index contributed by atoms with van der Waals surface area (Å²) >= 11 is 0. The fourth-order valence-electron chi connectivity index (χ4n) is 2.72. The number of phenols is 1. The number of hydrogen-bond acceptors (Lipinski definition) is 7. The van der Waals surface area contributed by atoms with Crippen LogP contribution in [0, 0.1) is 6.92 Å². The fraction of sp³-hybridized carbons (Fsp3) is 0.353. The lowest BCUT2D eigenvalue weighted by Crippen LogP contribution is -2.44. The number of hydrogen-bond donors (Lipinski definition) is 3. The molecule has 0 aliphatic carbocycles. The number of carboxylic acids is 1. The molecule has 8 nitrogen and oxygen atoms in total. The van der Waals surface area contributed by atoms with Crippen molar-refractivity contribution in [1.82, 2.24) is 14.9 Å². The van der Waals surface area contributed by atoms with E-state index >= 15 is 0 Å². The molecular weight excluding hydrogens is 322 g/mol. The van der Waals surface area contributed by atoms with Gasteiger partial charge in [0.25, 0.3) is 0 Å². The lowest BCUT2D eigenvalue weighted by atomic mass is 10.2. The van der Waals surface area contributed by atoms with Crippen molar-refractivity contribution in [2.75, 3.05) is 43.4 Å². The van der Waals surface area contributed by atoms with Crippen molar-refractivity contribution in [2.24, 2.45) is 0 Å². The van der Waals surface area contributed by atoms with E-state index in [0.717, 1.165) is 32.0 Å². The van der Waals surface area contributed by atoms with Gasteiger partial charge in [-0.1, -0.05) is 0 Å². The molecule has 0 spiro atoms. The standard InChI is InChI=1S/C17H21N5O3/c1-11-18-15(10-16(19-11)22-7-5-21(2)6-8-22)20-13-4-3-12(17(24)25)9-14(13)23/h3-4,9-10,23H,5-8H2,1-2H3,(H,24,25)(H,18,19,20). The van der Waals surface area contributed by atoms with Crippen LogP contribution in [0.25, 0.3) is 0 Å². The molecule has 2 aromatic rings. The summed E-state index contributed by atoms with van der Waals surface area (Å²) in [4.78, 5) is 24.3. The van der Waals surface area contributed by atoms with Crippen LogP contribution in [0.1, 0.15) is 16.2 Å². The second-order valence-electron chi connectivity index (χ2n) is 6.11. The molecular formula is C17H21N5O3. The number of likely N-dealkylation sites (N-methyl/N-ethyl adjacent to an activating group) is 1. The predicted octanol–water partition coefficient (Wildman–Crippen LogP) is 1.68. The van der Waals surface area contributed by atoms with Crippen LogP contribution in [-0.2, 0) is 0 Å². The SMILES string of the molecule is Cc1nc(Nc2ccc(C(=O)O)cc2O)cc(N2CCN(C)CC2)n1. The number of carboxylic acid groups (broad SMARTS) is 1. The number of anilines is 3. The van der Waals surface area contributed by atoms with E-state index in [1.807, 2.05) is 13.0 Å². The summed E-state index contributed by atoms with van der Waals surface area (Å²) in [6, 6.07) is 5.99.